The minimum Gasteiger partial charge on any atom is -0.300 e. The predicted molar refractivity (Wildman–Crippen MR) is 69.9 cm³/mol. The summed E-state index contributed by atoms with van der Waals surface area (Å²) in [6.45, 7) is 3.28. The Morgan fingerprint density at radius 3 is 2.25 bits per heavy atom. The maximum absolute atomic E-state index is 13.0. The summed E-state index contributed by atoms with van der Waals surface area (Å²) in [5, 5.41) is 0. The molecule has 0 heterocycles. The molecule has 0 amide bonds. The normalized spacial score (nSPS) is 11.7. The first-order valence-corrected chi connectivity index (χ1v) is 6.17. The van der Waals surface area contributed by atoms with E-state index < -0.39 is 0 Å². The van der Waals surface area contributed by atoms with Crippen LogP contribution in [-0.2, 0) is 4.79 Å². The van der Waals surface area contributed by atoms with E-state index in [1.54, 1.807) is 6.92 Å². The van der Waals surface area contributed by atoms with E-state index in [1.807, 2.05) is 0 Å². The van der Waals surface area contributed by atoms with E-state index >= 15 is 0 Å². The van der Waals surface area contributed by atoms with Crippen LogP contribution in [0.25, 0.3) is 0 Å². The number of ketones is 1. The van der Waals surface area contributed by atoms with Gasteiger partial charge in [0.2, 0.25) is 0 Å². The molecule has 0 spiro atoms. The monoisotopic (exact) mass is 349 g/mol. The van der Waals surface area contributed by atoms with Gasteiger partial charge in [0.05, 0.1) is 5.69 Å². The molecule has 0 atom stereocenters. The molecular weight excluding hydrogens is 341 g/mol. The van der Waals surface area contributed by atoms with Gasteiger partial charge in [-0.25, -0.2) is 4.39 Å². The summed E-state index contributed by atoms with van der Waals surface area (Å²) < 4.78 is 14.1. The largest absolute Gasteiger partial charge is 0.300 e. The number of hydrogen-bond donors (Lipinski definition) is 0. The fourth-order valence-electron chi connectivity index (χ4n) is 1.23. The molecule has 0 bridgehead atoms. The van der Waals surface area contributed by atoms with Crippen molar-refractivity contribution in [1.82, 2.24) is 0 Å². The van der Waals surface area contributed by atoms with Crippen LogP contribution in [0.5, 0.6) is 0 Å². The van der Waals surface area contributed by atoms with Crippen LogP contribution in [0.1, 0.15) is 20.3 Å². The molecule has 86 valence electrons. The Labute approximate surface area is 110 Å². The zero-order valence-corrected chi connectivity index (χ0v) is 12.0. The summed E-state index contributed by atoms with van der Waals surface area (Å²) in [6, 6.07) is 2.68. The third-order valence-electron chi connectivity index (χ3n) is 1.79. The molecule has 0 saturated heterocycles. The summed E-state index contributed by atoms with van der Waals surface area (Å²) in [5.74, 6) is -0.294. The first kappa shape index (κ1) is 13.5. The number of halogens is 3. The Balaban J connectivity index is 3.10. The van der Waals surface area contributed by atoms with Crippen LogP contribution in [0.15, 0.2) is 26.1 Å². The first-order valence-electron chi connectivity index (χ1n) is 4.58. The lowest BCUT2D eigenvalue weighted by Gasteiger charge is -2.04. The Kier molecular flexibility index (Phi) is 4.80. The summed E-state index contributed by atoms with van der Waals surface area (Å²) in [5.41, 5.74) is 1.29. The minimum atomic E-state index is -0.345. The third kappa shape index (κ3) is 3.79. The van der Waals surface area contributed by atoms with E-state index in [9.17, 15) is 9.18 Å². The number of aliphatic imine (C=N–C) groups is 1. The van der Waals surface area contributed by atoms with Crippen LogP contribution in [0, 0.1) is 5.82 Å². The van der Waals surface area contributed by atoms with Gasteiger partial charge in [-0.2, -0.15) is 0 Å². The van der Waals surface area contributed by atoms with Crippen molar-refractivity contribution < 1.29 is 9.18 Å². The highest BCUT2D eigenvalue weighted by atomic mass is 79.9. The number of benzene rings is 1. The topological polar surface area (TPSA) is 29.4 Å². The van der Waals surface area contributed by atoms with Gasteiger partial charge in [0.1, 0.15) is 11.6 Å². The van der Waals surface area contributed by atoms with Gasteiger partial charge in [-0.3, -0.25) is 9.79 Å². The van der Waals surface area contributed by atoms with Crippen LogP contribution >= 0.6 is 31.9 Å². The Morgan fingerprint density at radius 1 is 1.31 bits per heavy atom. The van der Waals surface area contributed by atoms with Gasteiger partial charge in [0.15, 0.2) is 0 Å². The van der Waals surface area contributed by atoms with Crippen molar-refractivity contribution in [3.05, 3.63) is 26.9 Å². The molecule has 0 fully saturated rings. The maximum Gasteiger partial charge on any atom is 0.135 e. The molecule has 0 aliphatic carbocycles. The quantitative estimate of drug-likeness (QED) is 0.742. The van der Waals surface area contributed by atoms with Gasteiger partial charge in [-0.1, -0.05) is 0 Å². The predicted octanol–water partition coefficient (Wildman–Crippen LogP) is 4.42. The molecule has 0 unspecified atom stereocenters. The van der Waals surface area contributed by atoms with Crippen molar-refractivity contribution in [2.24, 2.45) is 4.99 Å². The maximum atomic E-state index is 13.0. The lowest BCUT2D eigenvalue weighted by atomic mass is 10.2. The third-order valence-corrected chi connectivity index (χ3v) is 3.00. The van der Waals surface area contributed by atoms with Gasteiger partial charge in [0.25, 0.3) is 0 Å². The fourth-order valence-corrected chi connectivity index (χ4v) is 2.54. The molecule has 0 radical (unpaired) electrons. The average molecular weight is 351 g/mol. The van der Waals surface area contributed by atoms with Gasteiger partial charge in [-0.15, -0.1) is 0 Å². The van der Waals surface area contributed by atoms with Crippen LogP contribution in [0.3, 0.4) is 0 Å². The summed E-state index contributed by atoms with van der Waals surface area (Å²) >= 11 is 6.46. The highest BCUT2D eigenvalue weighted by Gasteiger charge is 2.07. The molecular formula is C11H10Br2FNO. The summed E-state index contributed by atoms with van der Waals surface area (Å²) in [7, 11) is 0. The first-order chi connectivity index (χ1) is 7.40. The van der Waals surface area contributed by atoms with Crippen LogP contribution in [0.4, 0.5) is 10.1 Å². The highest BCUT2D eigenvalue weighted by molar-refractivity contribution is 9.11. The van der Waals surface area contributed by atoms with Crippen LogP contribution in [0.2, 0.25) is 0 Å². The number of carbonyl (C=O) groups excluding carboxylic acids is 1. The van der Waals surface area contributed by atoms with Crippen molar-refractivity contribution in [3.8, 4) is 0 Å². The molecule has 2 nitrogen and oxygen atoms in total. The van der Waals surface area contributed by atoms with Crippen molar-refractivity contribution in [2.75, 3.05) is 0 Å². The lowest BCUT2D eigenvalue weighted by molar-refractivity contribution is -0.115. The molecule has 16 heavy (non-hydrogen) atoms. The Hall–Kier alpha value is -0.550. The van der Waals surface area contributed by atoms with Crippen molar-refractivity contribution >= 4 is 49.0 Å². The second-order valence-corrected chi connectivity index (χ2v) is 5.15. The van der Waals surface area contributed by atoms with Gasteiger partial charge in [0, 0.05) is 21.1 Å². The van der Waals surface area contributed by atoms with Gasteiger partial charge in [-0.05, 0) is 57.8 Å². The second kappa shape index (κ2) is 5.68. The SMILES string of the molecule is CC(=O)CC(C)=Nc1c(Br)cc(F)cc1Br. The zero-order chi connectivity index (χ0) is 12.3. The number of rotatable bonds is 3. The molecule has 0 N–H and O–H groups in total. The second-order valence-electron chi connectivity index (χ2n) is 3.44. The molecule has 0 aliphatic heterocycles. The molecule has 0 aromatic heterocycles. The molecule has 0 aliphatic rings. The van der Waals surface area contributed by atoms with E-state index in [1.165, 1.54) is 19.1 Å². The van der Waals surface area contributed by atoms with Crippen molar-refractivity contribution in [3.63, 3.8) is 0 Å². The van der Waals surface area contributed by atoms with E-state index in [-0.39, 0.29) is 11.6 Å². The molecule has 1 aromatic carbocycles. The number of Topliss-reactive ketones (excluding diaryl/α,β-unsaturated/α-hetero) is 1. The van der Waals surface area contributed by atoms with Gasteiger partial charge < -0.3 is 0 Å². The number of hydrogen-bond acceptors (Lipinski definition) is 2. The zero-order valence-electron chi connectivity index (χ0n) is 8.85. The lowest BCUT2D eigenvalue weighted by Crippen LogP contribution is -1.99. The van der Waals surface area contributed by atoms with E-state index in [4.69, 9.17) is 0 Å². The average Bonchev–Trinajstić information content (AvgIpc) is 2.09. The Morgan fingerprint density at radius 2 is 1.81 bits per heavy atom. The van der Waals surface area contributed by atoms with E-state index in [0.717, 1.165) is 0 Å². The minimum absolute atomic E-state index is 0.0515. The van der Waals surface area contributed by atoms with Crippen LogP contribution < -0.4 is 0 Å². The smallest absolute Gasteiger partial charge is 0.135 e. The molecule has 0 saturated carbocycles. The van der Waals surface area contributed by atoms with Gasteiger partial charge >= 0.3 is 0 Å². The number of nitrogens with zero attached hydrogens (tertiary/aromatic N) is 1. The van der Waals surface area contributed by atoms with E-state index in [2.05, 4.69) is 36.9 Å². The number of carbonyl (C=O) groups is 1. The highest BCUT2D eigenvalue weighted by Crippen LogP contribution is 2.34. The van der Waals surface area contributed by atoms with Crippen LogP contribution in [-0.4, -0.2) is 11.5 Å². The van der Waals surface area contributed by atoms with E-state index in [0.29, 0.717) is 26.8 Å². The van der Waals surface area contributed by atoms with Crippen molar-refractivity contribution in [1.29, 1.82) is 0 Å². The standard InChI is InChI=1S/C11H10Br2FNO/c1-6(3-7(2)16)15-11-9(12)4-8(14)5-10(11)13/h4-5H,3H2,1-2H3. The molecule has 1 rings (SSSR count). The Bertz CT molecular complexity index is 434. The fraction of sp³-hybridized carbons (Fsp3) is 0.273. The molecule has 5 heteroatoms. The summed E-state index contributed by atoms with van der Waals surface area (Å²) in [4.78, 5) is 15.2. The summed E-state index contributed by atoms with van der Waals surface area (Å²) in [6.07, 6.45) is 0.302. The molecule has 1 aromatic rings. The van der Waals surface area contributed by atoms with Crippen molar-refractivity contribution in [2.45, 2.75) is 20.3 Å².